The van der Waals surface area contributed by atoms with Crippen LogP contribution < -0.4 is 14.4 Å². The van der Waals surface area contributed by atoms with Crippen LogP contribution in [-0.2, 0) is 22.1 Å². The maximum atomic E-state index is 13.4. The van der Waals surface area contributed by atoms with E-state index in [4.69, 9.17) is 14.6 Å². The highest BCUT2D eigenvalue weighted by Gasteiger charge is 2.40. The number of methoxy groups -OCH3 is 2. The molecule has 0 aliphatic carbocycles. The number of fused-ring (bicyclic) bond motifs is 1. The minimum atomic E-state index is -0.270. The summed E-state index contributed by atoms with van der Waals surface area (Å²) in [6.45, 7) is 7.89. The van der Waals surface area contributed by atoms with Crippen LogP contribution in [0.3, 0.4) is 0 Å². The maximum Gasteiger partial charge on any atom is 0.242 e. The average molecular weight is 487 g/mol. The van der Waals surface area contributed by atoms with Crippen LogP contribution in [0.25, 0.3) is 0 Å². The Labute approximate surface area is 205 Å². The van der Waals surface area contributed by atoms with Crippen molar-refractivity contribution in [3.63, 3.8) is 0 Å². The van der Waals surface area contributed by atoms with Gasteiger partial charge in [-0.3, -0.25) is 19.2 Å². The molecule has 0 radical (unpaired) electrons. The van der Waals surface area contributed by atoms with Gasteiger partial charge >= 0.3 is 0 Å². The molecule has 2 aromatic rings. The first-order valence-electron chi connectivity index (χ1n) is 11.6. The molecular weight excluding hydrogens is 452 g/mol. The van der Waals surface area contributed by atoms with Gasteiger partial charge in [0.1, 0.15) is 23.9 Å². The Morgan fingerprint density at radius 1 is 1.18 bits per heavy atom. The van der Waals surface area contributed by atoms with Gasteiger partial charge in [0.15, 0.2) is 0 Å². The van der Waals surface area contributed by atoms with Crippen molar-refractivity contribution in [3.05, 3.63) is 35.0 Å². The molecule has 2 aliphatic heterocycles. The normalized spacial score (nSPS) is 18.6. The number of benzene rings is 1. The maximum absolute atomic E-state index is 13.4. The second-order valence-corrected chi connectivity index (χ2v) is 10.9. The van der Waals surface area contributed by atoms with Gasteiger partial charge in [0.2, 0.25) is 11.8 Å². The largest absolute Gasteiger partial charge is 0.497 e. The van der Waals surface area contributed by atoms with E-state index in [2.05, 4.69) is 20.8 Å². The number of aromatic nitrogens is 2. The topological polar surface area (TPSA) is 76.9 Å². The van der Waals surface area contributed by atoms with Crippen LogP contribution in [-0.4, -0.2) is 66.1 Å². The van der Waals surface area contributed by atoms with Crippen molar-refractivity contribution in [2.45, 2.75) is 44.3 Å². The number of thioether (sulfide) groups is 1. The predicted molar refractivity (Wildman–Crippen MR) is 134 cm³/mol. The van der Waals surface area contributed by atoms with Crippen LogP contribution in [0.5, 0.6) is 11.5 Å². The van der Waals surface area contributed by atoms with Gasteiger partial charge in [-0.2, -0.15) is 5.10 Å². The number of carbonyl (C=O) groups is 2. The number of anilines is 1. The first-order valence-corrected chi connectivity index (χ1v) is 12.7. The van der Waals surface area contributed by atoms with Crippen LogP contribution >= 0.6 is 11.8 Å². The van der Waals surface area contributed by atoms with E-state index in [1.54, 1.807) is 23.8 Å². The molecular formula is C25H34N4O4S. The lowest BCUT2D eigenvalue weighted by Gasteiger charge is -2.26. The highest BCUT2D eigenvalue weighted by atomic mass is 32.2. The van der Waals surface area contributed by atoms with Crippen molar-refractivity contribution in [1.82, 2.24) is 14.7 Å². The summed E-state index contributed by atoms with van der Waals surface area (Å²) in [6.07, 6.45) is 2.02. The molecule has 184 valence electrons. The number of nitrogens with zero attached hydrogens (tertiary/aromatic N) is 4. The first kappa shape index (κ1) is 24.4. The SMILES string of the molecule is COc1ccc(OC)c(C2SCC(=O)N(CC(=O)N3CCCC3)c3c2c(C(C)(C)C)nn3C)c1. The molecule has 4 rings (SSSR count). The lowest BCUT2D eigenvalue weighted by atomic mass is 9.87. The van der Waals surface area contributed by atoms with E-state index in [1.165, 1.54) is 11.8 Å². The van der Waals surface area contributed by atoms with Crippen LogP contribution in [0.15, 0.2) is 18.2 Å². The molecule has 0 saturated carbocycles. The van der Waals surface area contributed by atoms with Gasteiger partial charge in [-0.25, -0.2) is 0 Å². The molecule has 9 heteroatoms. The Kier molecular flexibility index (Phi) is 6.85. The molecule has 1 unspecified atom stereocenters. The molecule has 0 N–H and O–H groups in total. The Morgan fingerprint density at radius 3 is 2.50 bits per heavy atom. The smallest absolute Gasteiger partial charge is 0.242 e. The number of carbonyl (C=O) groups excluding carboxylic acids is 2. The van der Waals surface area contributed by atoms with Gasteiger partial charge in [0, 0.05) is 36.7 Å². The lowest BCUT2D eigenvalue weighted by Crippen LogP contribution is -2.43. The van der Waals surface area contributed by atoms with Gasteiger partial charge in [-0.15, -0.1) is 11.8 Å². The van der Waals surface area contributed by atoms with Crippen molar-refractivity contribution in [1.29, 1.82) is 0 Å². The number of likely N-dealkylation sites (tertiary alicyclic amines) is 1. The van der Waals surface area contributed by atoms with Crippen molar-refractivity contribution in [2.75, 3.05) is 44.5 Å². The van der Waals surface area contributed by atoms with E-state index in [0.717, 1.165) is 54.3 Å². The molecule has 3 heterocycles. The zero-order chi connectivity index (χ0) is 24.6. The molecule has 2 aliphatic rings. The van der Waals surface area contributed by atoms with E-state index in [9.17, 15) is 9.59 Å². The molecule has 1 fully saturated rings. The Bertz CT molecular complexity index is 1090. The van der Waals surface area contributed by atoms with E-state index >= 15 is 0 Å². The zero-order valence-corrected chi connectivity index (χ0v) is 21.7. The van der Waals surface area contributed by atoms with Gasteiger partial charge in [0.05, 0.1) is 30.9 Å². The van der Waals surface area contributed by atoms with E-state index in [0.29, 0.717) is 5.82 Å². The average Bonchev–Trinajstić information content (AvgIpc) is 3.43. The minimum absolute atomic E-state index is 0.0160. The Morgan fingerprint density at radius 2 is 1.88 bits per heavy atom. The Hall–Kier alpha value is -2.68. The summed E-state index contributed by atoms with van der Waals surface area (Å²) in [5.74, 6) is 2.26. The van der Waals surface area contributed by atoms with Crippen LogP contribution in [0.1, 0.15) is 55.7 Å². The molecule has 8 nitrogen and oxygen atoms in total. The third-order valence-corrected chi connectivity index (χ3v) is 7.66. The second kappa shape index (κ2) is 9.52. The summed E-state index contributed by atoms with van der Waals surface area (Å²) in [5, 5.41) is 4.67. The van der Waals surface area contributed by atoms with Gasteiger partial charge < -0.3 is 14.4 Å². The van der Waals surface area contributed by atoms with Crippen LogP contribution in [0, 0.1) is 0 Å². The number of hydrogen-bond donors (Lipinski definition) is 0. The molecule has 1 atom stereocenters. The molecule has 2 amide bonds. The summed E-state index contributed by atoms with van der Waals surface area (Å²) in [5.41, 5.74) is 2.51. The summed E-state index contributed by atoms with van der Waals surface area (Å²) >= 11 is 1.54. The summed E-state index contributed by atoms with van der Waals surface area (Å²) in [7, 11) is 5.13. The third-order valence-electron chi connectivity index (χ3n) is 6.43. The van der Waals surface area contributed by atoms with E-state index in [-0.39, 0.29) is 34.8 Å². The molecule has 34 heavy (non-hydrogen) atoms. The zero-order valence-electron chi connectivity index (χ0n) is 20.9. The van der Waals surface area contributed by atoms with Crippen molar-refractivity contribution in [2.24, 2.45) is 7.05 Å². The standard InChI is InChI=1S/C25H34N4O4S/c1-25(2,3)23-21-22(17-13-16(32-5)9-10-18(17)33-6)34-15-20(31)29(24(21)27(4)26-23)14-19(30)28-11-7-8-12-28/h9-10,13,22H,7-8,11-12,14-15H2,1-6H3. The monoisotopic (exact) mass is 486 g/mol. The quantitative estimate of drug-likeness (QED) is 0.644. The fraction of sp³-hybridized carbons (Fsp3) is 0.560. The van der Waals surface area contributed by atoms with Gasteiger partial charge in [-0.1, -0.05) is 20.8 Å². The molecule has 1 aromatic heterocycles. The van der Waals surface area contributed by atoms with E-state index in [1.807, 2.05) is 30.1 Å². The highest BCUT2D eigenvalue weighted by Crippen LogP contribution is 2.50. The number of amides is 2. The fourth-order valence-electron chi connectivity index (χ4n) is 4.74. The number of aryl methyl sites for hydroxylation is 1. The fourth-order valence-corrected chi connectivity index (χ4v) is 5.95. The molecule has 0 bridgehead atoms. The summed E-state index contributed by atoms with van der Waals surface area (Å²) in [4.78, 5) is 30.0. The third kappa shape index (κ3) is 4.50. The summed E-state index contributed by atoms with van der Waals surface area (Å²) < 4.78 is 13.0. The lowest BCUT2D eigenvalue weighted by molar-refractivity contribution is -0.130. The predicted octanol–water partition coefficient (Wildman–Crippen LogP) is 3.53. The second-order valence-electron chi connectivity index (χ2n) is 9.83. The molecule has 1 saturated heterocycles. The number of ether oxygens (including phenoxy) is 2. The van der Waals surface area contributed by atoms with Crippen LogP contribution in [0.2, 0.25) is 0 Å². The van der Waals surface area contributed by atoms with Crippen molar-refractivity contribution < 1.29 is 19.1 Å². The van der Waals surface area contributed by atoms with Crippen LogP contribution in [0.4, 0.5) is 5.82 Å². The van der Waals surface area contributed by atoms with Crippen molar-refractivity contribution in [3.8, 4) is 11.5 Å². The molecule has 0 spiro atoms. The first-order chi connectivity index (χ1) is 16.2. The molecule has 1 aromatic carbocycles. The minimum Gasteiger partial charge on any atom is -0.497 e. The summed E-state index contributed by atoms with van der Waals surface area (Å²) in [6, 6.07) is 5.73. The Balaban J connectivity index is 1.88. The highest BCUT2D eigenvalue weighted by molar-refractivity contribution is 8.00. The van der Waals surface area contributed by atoms with Gasteiger partial charge in [0.25, 0.3) is 0 Å². The van der Waals surface area contributed by atoms with E-state index < -0.39 is 0 Å². The number of rotatable bonds is 5. The van der Waals surface area contributed by atoms with Crippen molar-refractivity contribution >= 4 is 29.4 Å². The number of hydrogen-bond acceptors (Lipinski definition) is 6. The van der Waals surface area contributed by atoms with Gasteiger partial charge in [-0.05, 0) is 31.0 Å².